The van der Waals surface area contributed by atoms with Crippen LogP contribution in [-0.4, -0.2) is 46.7 Å². The molecule has 12 nitrogen and oxygen atoms in total. The lowest BCUT2D eigenvalue weighted by molar-refractivity contribution is 0.201. The number of hydrogen-bond acceptors (Lipinski definition) is 10. The van der Waals surface area contributed by atoms with Crippen LogP contribution in [0.5, 0.6) is 23.5 Å². The van der Waals surface area contributed by atoms with E-state index in [-0.39, 0.29) is 51.6 Å². The summed E-state index contributed by atoms with van der Waals surface area (Å²) >= 11 is 11.5. The topological polar surface area (TPSA) is 178 Å². The summed E-state index contributed by atoms with van der Waals surface area (Å²) < 4.78 is 60.2. The van der Waals surface area contributed by atoms with Gasteiger partial charge in [0, 0.05) is 10.0 Å². The maximum Gasteiger partial charge on any atom is 0.357 e. The van der Waals surface area contributed by atoms with Gasteiger partial charge in [-0.15, -0.1) is 0 Å². The van der Waals surface area contributed by atoms with Crippen LogP contribution < -0.4 is 8.57 Å². The molecule has 4 aromatic rings. The van der Waals surface area contributed by atoms with Crippen LogP contribution >= 0.6 is 23.2 Å². The molecule has 2 heterocycles. The number of nitrogens with zero attached hydrogens (tertiary/aromatic N) is 2. The van der Waals surface area contributed by atoms with E-state index < -0.39 is 43.8 Å². The van der Waals surface area contributed by atoms with Crippen LogP contribution in [0, 0.1) is 0 Å². The van der Waals surface area contributed by atoms with E-state index in [0.717, 1.165) is 24.3 Å². The predicted molar refractivity (Wildman–Crippen MR) is 124 cm³/mol. The summed E-state index contributed by atoms with van der Waals surface area (Å²) in [5.74, 6) is -3.83. The summed E-state index contributed by atoms with van der Waals surface area (Å²) in [4.78, 5) is -0.698. The summed E-state index contributed by atoms with van der Waals surface area (Å²) in [7, 11) is -9.13. The zero-order valence-electron chi connectivity index (χ0n) is 17.3. The van der Waals surface area contributed by atoms with Gasteiger partial charge in [0.05, 0.1) is 22.3 Å². The Bertz CT molecular complexity index is 1560. The van der Waals surface area contributed by atoms with E-state index in [1.165, 1.54) is 24.3 Å². The van der Waals surface area contributed by atoms with Gasteiger partial charge in [0.2, 0.25) is 23.5 Å². The van der Waals surface area contributed by atoms with Crippen molar-refractivity contribution in [1.82, 2.24) is 9.46 Å². The number of rotatable bonds is 6. The first-order valence-electron chi connectivity index (χ1n) is 9.58. The molecule has 16 heteroatoms. The minimum absolute atomic E-state index is 0.170. The van der Waals surface area contributed by atoms with Crippen LogP contribution in [0.2, 0.25) is 10.0 Å². The van der Waals surface area contributed by atoms with Crippen molar-refractivity contribution in [2.45, 2.75) is 9.79 Å². The first-order chi connectivity index (χ1) is 16.8. The van der Waals surface area contributed by atoms with Crippen molar-refractivity contribution < 1.29 is 45.8 Å². The quantitative estimate of drug-likeness (QED) is 0.235. The fourth-order valence-electron chi connectivity index (χ4n) is 3.56. The molecule has 0 saturated carbocycles. The lowest BCUT2D eigenvalue weighted by atomic mass is 9.86. The summed E-state index contributed by atoms with van der Waals surface area (Å²) in [5.41, 5.74) is -1.30. The Morgan fingerprint density at radius 1 is 0.528 bits per heavy atom. The van der Waals surface area contributed by atoms with Gasteiger partial charge in [0.25, 0.3) is 0 Å². The Morgan fingerprint density at radius 3 is 1.03 bits per heavy atom. The second-order valence-corrected chi connectivity index (χ2v) is 11.3. The van der Waals surface area contributed by atoms with Gasteiger partial charge in [-0.25, -0.2) is 0 Å². The van der Waals surface area contributed by atoms with Crippen molar-refractivity contribution in [3.05, 3.63) is 58.6 Å². The smallest absolute Gasteiger partial charge is 0.357 e. The SMILES string of the molecule is O=S(=O)(On1c(O)c2c(c1O)-c1c-2c(O)n(OS(=O)(=O)c2ccc(Cl)cc2)c1O)c1ccc(Cl)cc1. The molecule has 2 aromatic heterocycles. The molecule has 2 aromatic carbocycles. The number of benzene rings is 2. The monoisotopic (exact) mass is 574 g/mol. The molecule has 1 aliphatic carbocycles. The highest BCUT2D eigenvalue weighted by Gasteiger charge is 2.46. The van der Waals surface area contributed by atoms with Gasteiger partial charge in [0.15, 0.2) is 0 Å². The van der Waals surface area contributed by atoms with Gasteiger partial charge in [0.1, 0.15) is 9.79 Å². The Kier molecular flexibility index (Phi) is 5.26. The Balaban J connectivity index is 1.52. The molecular formula is C20H12Cl2N2O10S2. The molecule has 0 fully saturated rings. The molecule has 5 rings (SSSR count). The van der Waals surface area contributed by atoms with Crippen molar-refractivity contribution in [2.24, 2.45) is 0 Å². The van der Waals surface area contributed by atoms with Gasteiger partial charge in [-0.1, -0.05) is 32.7 Å². The minimum Gasteiger partial charge on any atom is -0.492 e. The largest absolute Gasteiger partial charge is 0.492 e. The first kappa shape index (κ1) is 24.0. The van der Waals surface area contributed by atoms with E-state index >= 15 is 0 Å². The van der Waals surface area contributed by atoms with Gasteiger partial charge >= 0.3 is 20.2 Å². The lowest BCUT2D eigenvalue weighted by Gasteiger charge is -2.13. The summed E-state index contributed by atoms with van der Waals surface area (Å²) in [6, 6.07) is 9.65. The van der Waals surface area contributed by atoms with Crippen LogP contribution in [0.15, 0.2) is 58.3 Å². The first-order valence-corrected chi connectivity index (χ1v) is 13.2. The lowest BCUT2D eigenvalue weighted by Crippen LogP contribution is -2.20. The highest BCUT2D eigenvalue weighted by molar-refractivity contribution is 7.87. The van der Waals surface area contributed by atoms with E-state index in [1.807, 2.05) is 0 Å². The Hall–Kier alpha value is -3.72. The third-order valence-electron chi connectivity index (χ3n) is 5.21. The fourth-order valence-corrected chi connectivity index (χ4v) is 5.60. The van der Waals surface area contributed by atoms with Crippen molar-refractivity contribution in [2.75, 3.05) is 0 Å². The third-order valence-corrected chi connectivity index (χ3v) is 8.11. The van der Waals surface area contributed by atoms with E-state index in [1.54, 1.807) is 0 Å². The fraction of sp³-hybridized carbons (Fsp3) is 0. The zero-order valence-corrected chi connectivity index (χ0v) is 20.5. The number of aromatic hydroxyl groups is 4. The third kappa shape index (κ3) is 3.49. The normalized spacial score (nSPS) is 12.5. The highest BCUT2D eigenvalue weighted by atomic mass is 35.5. The maximum atomic E-state index is 12.6. The average molecular weight is 575 g/mol. The zero-order chi connectivity index (χ0) is 26.2. The molecule has 0 atom stereocenters. The number of halogens is 2. The molecule has 0 spiro atoms. The molecule has 0 unspecified atom stereocenters. The van der Waals surface area contributed by atoms with Crippen molar-refractivity contribution in [3.8, 4) is 45.8 Å². The molecule has 0 saturated heterocycles. The van der Waals surface area contributed by atoms with Crippen LogP contribution in [0.3, 0.4) is 0 Å². The van der Waals surface area contributed by atoms with Crippen LogP contribution in [0.25, 0.3) is 22.3 Å². The van der Waals surface area contributed by atoms with Crippen LogP contribution in [0.1, 0.15) is 0 Å². The van der Waals surface area contributed by atoms with Crippen LogP contribution in [0.4, 0.5) is 0 Å². The second kappa shape index (κ2) is 7.89. The van der Waals surface area contributed by atoms with E-state index in [4.69, 9.17) is 31.8 Å². The van der Waals surface area contributed by atoms with Crippen LogP contribution in [-0.2, 0) is 20.2 Å². The highest BCUT2D eigenvalue weighted by Crippen LogP contribution is 2.64. The molecule has 36 heavy (non-hydrogen) atoms. The molecule has 188 valence electrons. The molecule has 0 bridgehead atoms. The number of aromatic nitrogens is 2. The maximum absolute atomic E-state index is 12.6. The van der Waals surface area contributed by atoms with Gasteiger partial charge in [-0.3, -0.25) is 8.57 Å². The van der Waals surface area contributed by atoms with E-state index in [9.17, 15) is 37.3 Å². The molecule has 4 N–H and O–H groups in total. The molecule has 0 aliphatic heterocycles. The van der Waals surface area contributed by atoms with E-state index in [2.05, 4.69) is 0 Å². The Morgan fingerprint density at radius 2 is 0.778 bits per heavy atom. The van der Waals surface area contributed by atoms with Crippen molar-refractivity contribution in [1.29, 1.82) is 0 Å². The van der Waals surface area contributed by atoms with Gasteiger partial charge in [-0.05, 0) is 48.5 Å². The van der Waals surface area contributed by atoms with Gasteiger partial charge < -0.3 is 20.4 Å². The molecular weight excluding hydrogens is 563 g/mol. The Labute approximate surface area is 212 Å². The summed E-state index contributed by atoms with van der Waals surface area (Å²) in [6.07, 6.45) is 0. The summed E-state index contributed by atoms with van der Waals surface area (Å²) in [6.45, 7) is 0. The number of fused-ring (bicyclic) bond motifs is 4. The van der Waals surface area contributed by atoms with Crippen molar-refractivity contribution in [3.63, 3.8) is 0 Å². The predicted octanol–water partition coefficient (Wildman–Crippen LogP) is 2.70. The second-order valence-electron chi connectivity index (χ2n) is 7.35. The van der Waals surface area contributed by atoms with E-state index in [0.29, 0.717) is 0 Å². The van der Waals surface area contributed by atoms with Gasteiger partial charge in [-0.2, -0.15) is 16.8 Å². The molecule has 0 radical (unpaired) electrons. The molecule has 1 aliphatic rings. The van der Waals surface area contributed by atoms with Crippen molar-refractivity contribution >= 4 is 43.4 Å². The minimum atomic E-state index is -4.57. The molecule has 0 amide bonds. The number of hydrogen-bond donors (Lipinski definition) is 4. The summed E-state index contributed by atoms with van der Waals surface area (Å²) in [5, 5.41) is 42.6. The standard InChI is InChI=1S/C20H12Cl2N2O10S2/c21-9-1-5-11(6-2-9)35(29,30)33-23-17(25)13-14(18(23)26)16-15(13)19(27)24(20(16)28)34-36(31,32)12-7-3-10(22)4-8-12/h1-8,25-28H. The average Bonchev–Trinajstić information content (AvgIpc) is 3.10.